The van der Waals surface area contributed by atoms with E-state index in [2.05, 4.69) is 19.2 Å². The van der Waals surface area contributed by atoms with Crippen LogP contribution in [0.1, 0.15) is 142 Å². The number of rotatable bonds is 19. The first-order valence-electron chi connectivity index (χ1n) is 13.2. The van der Waals surface area contributed by atoms with Gasteiger partial charge in [0.15, 0.2) is 0 Å². The largest absolute Gasteiger partial charge is 0.368 e. The predicted molar refractivity (Wildman–Crippen MR) is 134 cm³/mol. The summed E-state index contributed by atoms with van der Waals surface area (Å²) in [5, 5.41) is 2.92. The third kappa shape index (κ3) is 27.0. The molecule has 0 aromatic heterocycles. The molecule has 1 rings (SSSR count). The van der Waals surface area contributed by atoms with Crippen molar-refractivity contribution in [3.8, 4) is 0 Å². The Morgan fingerprint density at radius 2 is 0.586 bits per heavy atom. The molecule has 1 heteroatoms. The molecule has 0 saturated carbocycles. The quantitative estimate of drug-likeness (QED) is 0.211. The Morgan fingerprint density at radius 1 is 0.345 bits per heavy atom. The Morgan fingerprint density at radius 3 is 0.828 bits per heavy atom. The van der Waals surface area contributed by atoms with Crippen molar-refractivity contribution in [2.45, 2.75) is 142 Å². The van der Waals surface area contributed by atoms with Gasteiger partial charge in [-0.05, 0) is 12.2 Å². The van der Waals surface area contributed by atoms with E-state index in [-0.39, 0.29) is 0 Å². The zero-order valence-electron chi connectivity index (χ0n) is 20.1. The first kappa shape index (κ1) is 28.0. The molecule has 0 radical (unpaired) electrons. The maximum atomic E-state index is 2.92. The first-order valence-corrected chi connectivity index (χ1v) is 13.2. The smallest absolute Gasteiger partial charge is 0.000442 e. The molecular weight excluding hydrogens is 350 g/mol. The maximum absolute atomic E-state index is 2.92. The molecule has 0 fully saturated rings. The minimum Gasteiger partial charge on any atom is -0.368 e. The van der Waals surface area contributed by atoms with E-state index in [1.54, 1.807) is 0 Å². The standard InChI is InChI=1S/C22H46.C6H7N/c1-3-5-7-9-11-13-15-17-19-21-22-20-18-16-14-12-10-8-6-4-2;1-2-4-6-7-5-3-1/h3-22H2,1-2H3;1-7H. The van der Waals surface area contributed by atoms with Gasteiger partial charge < -0.3 is 5.32 Å². The molecule has 0 aromatic carbocycles. The average Bonchev–Trinajstić information content (AvgIpc) is 3.06. The molecular formula is C28H53N. The summed E-state index contributed by atoms with van der Waals surface area (Å²) in [5.74, 6) is 0. The highest BCUT2D eigenvalue weighted by Gasteiger charge is 1.94. The molecule has 1 heterocycles. The predicted octanol–water partition coefficient (Wildman–Crippen LogP) is 10.0. The van der Waals surface area contributed by atoms with E-state index in [0.717, 1.165) is 0 Å². The van der Waals surface area contributed by atoms with Gasteiger partial charge in [0.1, 0.15) is 0 Å². The van der Waals surface area contributed by atoms with Crippen LogP contribution in [0.15, 0.2) is 36.7 Å². The van der Waals surface area contributed by atoms with Crippen LogP contribution < -0.4 is 5.32 Å². The molecule has 0 atom stereocenters. The minimum atomic E-state index is 1.37. The number of allylic oxidation sites excluding steroid dienone is 4. The summed E-state index contributed by atoms with van der Waals surface area (Å²) in [6.07, 6.45) is 41.0. The normalized spacial score (nSPS) is 12.3. The Hall–Kier alpha value is -0.980. The summed E-state index contributed by atoms with van der Waals surface area (Å²) < 4.78 is 0. The first-order chi connectivity index (χ1) is 14.4. The van der Waals surface area contributed by atoms with E-state index in [0.29, 0.717) is 0 Å². The van der Waals surface area contributed by atoms with Crippen LogP contribution >= 0.6 is 0 Å². The van der Waals surface area contributed by atoms with Gasteiger partial charge in [-0.2, -0.15) is 0 Å². The third-order valence-electron chi connectivity index (χ3n) is 5.68. The molecule has 0 spiro atoms. The highest BCUT2D eigenvalue weighted by atomic mass is 14.8. The highest BCUT2D eigenvalue weighted by molar-refractivity contribution is 5.14. The van der Waals surface area contributed by atoms with Gasteiger partial charge in [0.2, 0.25) is 0 Å². The van der Waals surface area contributed by atoms with E-state index in [4.69, 9.17) is 0 Å². The number of hydrogen-bond donors (Lipinski definition) is 1. The second-order valence-corrected chi connectivity index (χ2v) is 8.63. The van der Waals surface area contributed by atoms with Crippen molar-refractivity contribution in [2.24, 2.45) is 0 Å². The molecule has 1 N–H and O–H groups in total. The van der Waals surface area contributed by atoms with Gasteiger partial charge in [-0.25, -0.2) is 0 Å². The fourth-order valence-electron chi connectivity index (χ4n) is 3.73. The summed E-state index contributed by atoms with van der Waals surface area (Å²) in [5.41, 5.74) is 0. The maximum Gasteiger partial charge on any atom is 0.000442 e. The molecule has 0 aliphatic carbocycles. The Balaban J connectivity index is 0.000000929. The Labute approximate surface area is 184 Å². The molecule has 0 amide bonds. The summed E-state index contributed by atoms with van der Waals surface area (Å²) in [6, 6.07) is 0. The number of hydrogen-bond acceptors (Lipinski definition) is 1. The third-order valence-corrected chi connectivity index (χ3v) is 5.68. The monoisotopic (exact) mass is 403 g/mol. The second-order valence-electron chi connectivity index (χ2n) is 8.63. The van der Waals surface area contributed by atoms with Crippen LogP contribution in [-0.4, -0.2) is 0 Å². The van der Waals surface area contributed by atoms with Crippen LogP contribution in [0.25, 0.3) is 0 Å². The van der Waals surface area contributed by atoms with E-state index in [9.17, 15) is 0 Å². The van der Waals surface area contributed by atoms with E-state index >= 15 is 0 Å². The van der Waals surface area contributed by atoms with Crippen LogP contribution in [0.4, 0.5) is 0 Å². The van der Waals surface area contributed by atoms with Gasteiger partial charge in [-0.1, -0.05) is 154 Å². The van der Waals surface area contributed by atoms with Gasteiger partial charge in [0.25, 0.3) is 0 Å². The van der Waals surface area contributed by atoms with Crippen molar-refractivity contribution < 1.29 is 0 Å². The number of nitrogens with one attached hydrogen (secondary N) is 1. The average molecular weight is 404 g/mol. The van der Waals surface area contributed by atoms with Crippen LogP contribution in [-0.2, 0) is 0 Å². The van der Waals surface area contributed by atoms with Gasteiger partial charge in [0, 0.05) is 12.4 Å². The lowest BCUT2D eigenvalue weighted by Gasteiger charge is -2.03. The van der Waals surface area contributed by atoms with E-state index < -0.39 is 0 Å². The van der Waals surface area contributed by atoms with Crippen molar-refractivity contribution in [3.63, 3.8) is 0 Å². The van der Waals surface area contributed by atoms with Crippen LogP contribution in [0, 0.1) is 0 Å². The fraction of sp³-hybridized carbons (Fsp3) is 0.786. The molecule has 1 nitrogen and oxygen atoms in total. The van der Waals surface area contributed by atoms with Crippen molar-refractivity contribution in [3.05, 3.63) is 36.7 Å². The summed E-state index contributed by atoms with van der Waals surface area (Å²) in [7, 11) is 0. The molecule has 170 valence electrons. The zero-order chi connectivity index (χ0) is 21.1. The molecule has 1 aliphatic heterocycles. The molecule has 29 heavy (non-hydrogen) atoms. The van der Waals surface area contributed by atoms with Crippen molar-refractivity contribution in [1.29, 1.82) is 0 Å². The fourth-order valence-corrected chi connectivity index (χ4v) is 3.73. The molecule has 0 bridgehead atoms. The summed E-state index contributed by atoms with van der Waals surface area (Å²) in [6.45, 7) is 4.60. The minimum absolute atomic E-state index is 1.37. The lowest BCUT2D eigenvalue weighted by Crippen LogP contribution is -1.87. The molecule has 0 aromatic rings. The van der Waals surface area contributed by atoms with Gasteiger partial charge in [-0.15, -0.1) is 0 Å². The Kier molecular flexibility index (Phi) is 26.1. The van der Waals surface area contributed by atoms with Gasteiger partial charge in [-0.3, -0.25) is 0 Å². The van der Waals surface area contributed by atoms with Gasteiger partial charge in [0.05, 0.1) is 0 Å². The number of unbranched alkanes of at least 4 members (excludes halogenated alkanes) is 19. The van der Waals surface area contributed by atoms with E-state index in [1.807, 2.05) is 36.7 Å². The van der Waals surface area contributed by atoms with Crippen molar-refractivity contribution in [2.75, 3.05) is 0 Å². The summed E-state index contributed by atoms with van der Waals surface area (Å²) >= 11 is 0. The molecule has 0 unspecified atom stereocenters. The van der Waals surface area contributed by atoms with Crippen LogP contribution in [0.2, 0.25) is 0 Å². The van der Waals surface area contributed by atoms with Gasteiger partial charge >= 0.3 is 0 Å². The topological polar surface area (TPSA) is 12.0 Å². The van der Waals surface area contributed by atoms with Crippen molar-refractivity contribution in [1.82, 2.24) is 5.32 Å². The van der Waals surface area contributed by atoms with Crippen molar-refractivity contribution >= 4 is 0 Å². The zero-order valence-corrected chi connectivity index (χ0v) is 20.1. The van der Waals surface area contributed by atoms with Crippen LogP contribution in [0.5, 0.6) is 0 Å². The summed E-state index contributed by atoms with van der Waals surface area (Å²) in [4.78, 5) is 0. The SMILES string of the molecule is C1=CC=CNC=C1.CCCCCCCCCCCCCCCCCCCCCC. The van der Waals surface area contributed by atoms with Crippen LogP contribution in [0.3, 0.4) is 0 Å². The second kappa shape index (κ2) is 27.0. The molecule has 0 saturated heterocycles. The highest BCUT2D eigenvalue weighted by Crippen LogP contribution is 2.14. The Bertz CT molecular complexity index is 333. The molecule has 1 aliphatic rings. The lowest BCUT2D eigenvalue weighted by molar-refractivity contribution is 0.523. The lowest BCUT2D eigenvalue weighted by atomic mass is 10.0. The van der Waals surface area contributed by atoms with E-state index in [1.165, 1.54) is 128 Å².